The highest BCUT2D eigenvalue weighted by atomic mass is 127. The van der Waals surface area contributed by atoms with Gasteiger partial charge in [-0.25, -0.2) is 13.8 Å². The molecule has 0 aliphatic heterocycles. The topological polar surface area (TPSA) is 33.1 Å². The van der Waals surface area contributed by atoms with Crippen LogP contribution in [0, 0.1) is 3.70 Å². The van der Waals surface area contributed by atoms with Crippen LogP contribution >= 0.6 is 38.5 Å². The molecule has 1 aromatic rings. The third kappa shape index (κ3) is 2.57. The first kappa shape index (κ1) is 11.3. The highest BCUT2D eigenvalue weighted by molar-refractivity contribution is 14.1. The Morgan fingerprint density at radius 3 is 2.69 bits per heavy atom. The van der Waals surface area contributed by atoms with Crippen LogP contribution in [0.25, 0.3) is 0 Å². The summed E-state index contributed by atoms with van der Waals surface area (Å²) in [7, 11) is 0. The molecular weight excluding hydrogens is 359 g/mol. The van der Waals surface area contributed by atoms with Gasteiger partial charge in [0.1, 0.15) is 8.30 Å². The van der Waals surface area contributed by atoms with E-state index in [1.165, 1.54) is 6.07 Å². The highest BCUT2D eigenvalue weighted by Gasteiger charge is 2.15. The monoisotopic (exact) mass is 363 g/mol. The molecule has 13 heavy (non-hydrogen) atoms. The SMILES string of the molecule is OCc1cc(C(F)F)c(Br)nc1I. The molecule has 0 spiro atoms. The van der Waals surface area contributed by atoms with Crippen molar-refractivity contribution in [1.82, 2.24) is 4.98 Å². The van der Waals surface area contributed by atoms with Crippen molar-refractivity contribution in [1.29, 1.82) is 0 Å². The molecule has 0 unspecified atom stereocenters. The fourth-order valence-corrected chi connectivity index (χ4v) is 2.16. The number of hydrogen-bond donors (Lipinski definition) is 1. The first-order chi connectivity index (χ1) is 6.06. The lowest BCUT2D eigenvalue weighted by Gasteiger charge is -2.06. The Labute approximate surface area is 95.6 Å². The van der Waals surface area contributed by atoms with Crippen molar-refractivity contribution in [3.8, 4) is 0 Å². The summed E-state index contributed by atoms with van der Waals surface area (Å²) in [6.45, 7) is -0.279. The average molecular weight is 364 g/mol. The van der Waals surface area contributed by atoms with Crippen LogP contribution in [0.5, 0.6) is 0 Å². The van der Waals surface area contributed by atoms with Gasteiger partial charge in [0.2, 0.25) is 0 Å². The predicted molar refractivity (Wildman–Crippen MR) is 55.5 cm³/mol. The van der Waals surface area contributed by atoms with Crippen LogP contribution in [-0.4, -0.2) is 10.1 Å². The van der Waals surface area contributed by atoms with Crippen LogP contribution in [0.1, 0.15) is 17.6 Å². The van der Waals surface area contributed by atoms with Gasteiger partial charge >= 0.3 is 0 Å². The summed E-state index contributed by atoms with van der Waals surface area (Å²) in [5.41, 5.74) is 0.226. The Morgan fingerprint density at radius 2 is 2.23 bits per heavy atom. The molecule has 0 saturated carbocycles. The Kier molecular flexibility index (Phi) is 3.99. The van der Waals surface area contributed by atoms with E-state index in [1.54, 1.807) is 0 Å². The van der Waals surface area contributed by atoms with E-state index in [2.05, 4.69) is 20.9 Å². The van der Waals surface area contributed by atoms with Crippen LogP contribution in [0.3, 0.4) is 0 Å². The first-order valence-corrected chi connectivity index (χ1v) is 5.17. The van der Waals surface area contributed by atoms with Crippen LogP contribution < -0.4 is 0 Å². The third-order valence-corrected chi connectivity index (χ3v) is 3.00. The lowest BCUT2D eigenvalue weighted by molar-refractivity contribution is 0.149. The van der Waals surface area contributed by atoms with Crippen molar-refractivity contribution >= 4 is 38.5 Å². The molecule has 0 fully saturated rings. The zero-order chi connectivity index (χ0) is 10.0. The molecule has 0 aromatic carbocycles. The zero-order valence-electron chi connectivity index (χ0n) is 6.27. The summed E-state index contributed by atoms with van der Waals surface area (Å²) in [6, 6.07) is 1.25. The fraction of sp³-hybridized carbons (Fsp3) is 0.286. The summed E-state index contributed by atoms with van der Waals surface area (Å²) < 4.78 is 25.3. The second-order valence-electron chi connectivity index (χ2n) is 2.28. The lowest BCUT2D eigenvalue weighted by Crippen LogP contribution is -1.98. The molecule has 0 bridgehead atoms. The molecule has 0 radical (unpaired) electrons. The van der Waals surface area contributed by atoms with Crippen LogP contribution in [0.4, 0.5) is 8.78 Å². The minimum atomic E-state index is -2.58. The Morgan fingerprint density at radius 1 is 1.62 bits per heavy atom. The van der Waals surface area contributed by atoms with Gasteiger partial charge in [-0.1, -0.05) is 0 Å². The Balaban J connectivity index is 3.22. The number of aliphatic hydroxyl groups excluding tert-OH is 1. The van der Waals surface area contributed by atoms with E-state index in [1.807, 2.05) is 22.6 Å². The lowest BCUT2D eigenvalue weighted by atomic mass is 10.2. The number of alkyl halides is 2. The molecule has 2 nitrogen and oxygen atoms in total. The average Bonchev–Trinajstić information content (AvgIpc) is 2.03. The van der Waals surface area contributed by atoms with E-state index in [0.717, 1.165) is 0 Å². The highest BCUT2D eigenvalue weighted by Crippen LogP contribution is 2.28. The number of hydrogen-bond acceptors (Lipinski definition) is 2. The summed E-state index contributed by atoms with van der Waals surface area (Å²) in [5, 5.41) is 8.81. The van der Waals surface area contributed by atoms with Crippen molar-refractivity contribution in [2.45, 2.75) is 13.0 Å². The molecule has 1 rings (SSSR count). The normalized spacial score (nSPS) is 10.9. The summed E-state index contributed by atoms with van der Waals surface area (Å²) in [6.07, 6.45) is -2.58. The molecule has 1 N–H and O–H groups in total. The van der Waals surface area contributed by atoms with Crippen LogP contribution in [-0.2, 0) is 6.61 Å². The molecule has 72 valence electrons. The van der Waals surface area contributed by atoms with Gasteiger partial charge in [-0.3, -0.25) is 0 Å². The standard InChI is InChI=1S/C7H5BrF2INO/c8-5-4(6(9)10)1-3(2-13)7(11)12-5/h1,6,13H,2H2. The van der Waals surface area contributed by atoms with E-state index in [4.69, 9.17) is 5.11 Å². The van der Waals surface area contributed by atoms with Crippen molar-refractivity contribution in [3.05, 3.63) is 25.5 Å². The molecule has 6 heteroatoms. The van der Waals surface area contributed by atoms with E-state index < -0.39 is 6.43 Å². The Bertz CT molecular complexity index is 322. The van der Waals surface area contributed by atoms with E-state index >= 15 is 0 Å². The zero-order valence-corrected chi connectivity index (χ0v) is 10.0. The molecular formula is C7H5BrF2INO. The quantitative estimate of drug-likeness (QED) is 0.647. The van der Waals surface area contributed by atoms with E-state index in [0.29, 0.717) is 9.26 Å². The van der Waals surface area contributed by atoms with Gasteiger partial charge in [0.05, 0.1) is 12.2 Å². The third-order valence-electron chi connectivity index (χ3n) is 1.43. The van der Waals surface area contributed by atoms with Crippen molar-refractivity contribution in [2.24, 2.45) is 0 Å². The van der Waals surface area contributed by atoms with Gasteiger partial charge in [0.15, 0.2) is 0 Å². The van der Waals surface area contributed by atoms with Crippen molar-refractivity contribution < 1.29 is 13.9 Å². The minimum absolute atomic E-state index is 0.129. The van der Waals surface area contributed by atoms with E-state index in [-0.39, 0.29) is 16.8 Å². The molecule has 0 aliphatic carbocycles. The van der Waals surface area contributed by atoms with Gasteiger partial charge in [-0.2, -0.15) is 0 Å². The predicted octanol–water partition coefficient (Wildman–Crippen LogP) is 2.88. The number of rotatable bonds is 2. The number of aliphatic hydroxyl groups is 1. The van der Waals surface area contributed by atoms with Gasteiger partial charge in [0.25, 0.3) is 6.43 Å². The smallest absolute Gasteiger partial charge is 0.266 e. The van der Waals surface area contributed by atoms with Crippen LogP contribution in [0.15, 0.2) is 10.7 Å². The second-order valence-corrected chi connectivity index (χ2v) is 4.05. The fourth-order valence-electron chi connectivity index (χ4n) is 0.793. The van der Waals surface area contributed by atoms with Gasteiger partial charge in [-0.05, 0) is 44.6 Å². The molecule has 0 amide bonds. The Hall–Kier alpha value is 0.180. The van der Waals surface area contributed by atoms with Gasteiger partial charge in [-0.15, -0.1) is 0 Å². The maximum Gasteiger partial charge on any atom is 0.266 e. The van der Waals surface area contributed by atoms with Crippen molar-refractivity contribution in [3.63, 3.8) is 0 Å². The second kappa shape index (κ2) is 4.61. The first-order valence-electron chi connectivity index (χ1n) is 3.30. The minimum Gasteiger partial charge on any atom is -0.392 e. The number of pyridine rings is 1. The van der Waals surface area contributed by atoms with Gasteiger partial charge < -0.3 is 5.11 Å². The largest absolute Gasteiger partial charge is 0.392 e. The molecule has 0 saturated heterocycles. The number of aromatic nitrogens is 1. The maximum absolute atomic E-state index is 12.3. The maximum atomic E-state index is 12.3. The van der Waals surface area contributed by atoms with Crippen LogP contribution in [0.2, 0.25) is 0 Å². The molecule has 1 aromatic heterocycles. The van der Waals surface area contributed by atoms with Gasteiger partial charge in [0, 0.05) is 5.56 Å². The molecule has 1 heterocycles. The number of halogens is 4. The molecule has 0 aliphatic rings. The van der Waals surface area contributed by atoms with E-state index in [9.17, 15) is 8.78 Å². The van der Waals surface area contributed by atoms with Crippen molar-refractivity contribution in [2.75, 3.05) is 0 Å². The number of nitrogens with zero attached hydrogens (tertiary/aromatic N) is 1. The summed E-state index contributed by atoms with van der Waals surface area (Å²) >= 11 is 4.81. The molecule has 0 atom stereocenters. The summed E-state index contributed by atoms with van der Waals surface area (Å²) in [5.74, 6) is 0. The summed E-state index contributed by atoms with van der Waals surface area (Å²) in [4.78, 5) is 3.83.